The van der Waals surface area contributed by atoms with Gasteiger partial charge >= 0.3 is 0 Å². The molecule has 0 aliphatic carbocycles. The fourth-order valence-corrected chi connectivity index (χ4v) is 1.27. The standard InChI is InChI=1S/C11H13N5/c1-8-5-15-10(6-14-8)7-16-11-9(2)12-3-4-13-11/h3-6H,7H2,1-2H3,(H,13,16). The first-order valence-electron chi connectivity index (χ1n) is 5.05. The predicted molar refractivity (Wildman–Crippen MR) is 60.9 cm³/mol. The summed E-state index contributed by atoms with van der Waals surface area (Å²) in [6.07, 6.45) is 6.84. The number of aromatic nitrogens is 4. The van der Waals surface area contributed by atoms with E-state index in [1.807, 2.05) is 13.8 Å². The number of anilines is 1. The van der Waals surface area contributed by atoms with E-state index in [-0.39, 0.29) is 0 Å². The molecule has 82 valence electrons. The van der Waals surface area contributed by atoms with Crippen molar-refractivity contribution in [1.82, 2.24) is 19.9 Å². The highest BCUT2D eigenvalue weighted by Crippen LogP contribution is 2.07. The summed E-state index contributed by atoms with van der Waals surface area (Å²) in [5.74, 6) is 0.782. The van der Waals surface area contributed by atoms with Crippen molar-refractivity contribution in [3.63, 3.8) is 0 Å². The van der Waals surface area contributed by atoms with Gasteiger partial charge in [0.1, 0.15) is 5.82 Å². The smallest absolute Gasteiger partial charge is 0.147 e. The van der Waals surface area contributed by atoms with Gasteiger partial charge in [-0.05, 0) is 13.8 Å². The Morgan fingerprint density at radius 2 is 1.81 bits per heavy atom. The lowest BCUT2D eigenvalue weighted by molar-refractivity contribution is 0.965. The molecule has 5 nitrogen and oxygen atoms in total. The van der Waals surface area contributed by atoms with Crippen molar-refractivity contribution < 1.29 is 0 Å². The van der Waals surface area contributed by atoms with Crippen molar-refractivity contribution in [1.29, 1.82) is 0 Å². The van der Waals surface area contributed by atoms with Gasteiger partial charge in [0.05, 0.1) is 29.8 Å². The lowest BCUT2D eigenvalue weighted by Crippen LogP contribution is -2.05. The minimum atomic E-state index is 0.604. The van der Waals surface area contributed by atoms with Gasteiger partial charge < -0.3 is 5.32 Å². The van der Waals surface area contributed by atoms with Crippen LogP contribution in [-0.4, -0.2) is 19.9 Å². The lowest BCUT2D eigenvalue weighted by Gasteiger charge is -2.06. The van der Waals surface area contributed by atoms with Crippen LogP contribution in [0, 0.1) is 13.8 Å². The Morgan fingerprint density at radius 1 is 1.00 bits per heavy atom. The summed E-state index contributed by atoms with van der Waals surface area (Å²) in [5.41, 5.74) is 2.68. The van der Waals surface area contributed by atoms with Gasteiger partial charge in [0.25, 0.3) is 0 Å². The van der Waals surface area contributed by atoms with Gasteiger partial charge in [0, 0.05) is 18.6 Å². The van der Waals surface area contributed by atoms with Crippen molar-refractivity contribution in [3.05, 3.63) is 41.9 Å². The summed E-state index contributed by atoms with van der Waals surface area (Å²) in [5, 5.41) is 3.17. The van der Waals surface area contributed by atoms with E-state index in [1.165, 1.54) is 0 Å². The normalized spacial score (nSPS) is 10.1. The monoisotopic (exact) mass is 215 g/mol. The summed E-state index contributed by atoms with van der Waals surface area (Å²) >= 11 is 0. The molecule has 2 aromatic rings. The van der Waals surface area contributed by atoms with E-state index in [1.54, 1.807) is 24.8 Å². The van der Waals surface area contributed by atoms with Gasteiger partial charge in [0.2, 0.25) is 0 Å². The minimum absolute atomic E-state index is 0.604. The molecule has 0 fully saturated rings. The second-order valence-corrected chi connectivity index (χ2v) is 3.49. The van der Waals surface area contributed by atoms with Crippen molar-refractivity contribution in [2.75, 3.05) is 5.32 Å². The van der Waals surface area contributed by atoms with Crippen LogP contribution in [0.1, 0.15) is 17.1 Å². The molecule has 5 heteroatoms. The molecule has 0 saturated carbocycles. The molecule has 2 rings (SSSR count). The molecule has 16 heavy (non-hydrogen) atoms. The van der Waals surface area contributed by atoms with Crippen molar-refractivity contribution in [2.45, 2.75) is 20.4 Å². The maximum Gasteiger partial charge on any atom is 0.147 e. The van der Waals surface area contributed by atoms with E-state index in [0.29, 0.717) is 6.54 Å². The van der Waals surface area contributed by atoms with Crippen molar-refractivity contribution in [3.8, 4) is 0 Å². The topological polar surface area (TPSA) is 63.6 Å². The van der Waals surface area contributed by atoms with Crippen molar-refractivity contribution in [2.24, 2.45) is 0 Å². The van der Waals surface area contributed by atoms with E-state index >= 15 is 0 Å². The largest absolute Gasteiger partial charge is 0.363 e. The second-order valence-electron chi connectivity index (χ2n) is 3.49. The molecule has 0 atom stereocenters. The van der Waals surface area contributed by atoms with Gasteiger partial charge in [-0.2, -0.15) is 0 Å². The van der Waals surface area contributed by atoms with Crippen molar-refractivity contribution >= 4 is 5.82 Å². The second kappa shape index (κ2) is 4.65. The summed E-state index contributed by atoms with van der Waals surface area (Å²) in [6, 6.07) is 0. The van der Waals surface area contributed by atoms with Crippen LogP contribution < -0.4 is 5.32 Å². The Balaban J connectivity index is 2.02. The first-order chi connectivity index (χ1) is 7.75. The van der Waals surface area contributed by atoms with E-state index in [4.69, 9.17) is 0 Å². The van der Waals surface area contributed by atoms with Crippen LogP contribution in [0.2, 0.25) is 0 Å². The third-order valence-corrected chi connectivity index (χ3v) is 2.15. The predicted octanol–water partition coefficient (Wildman–Crippen LogP) is 1.50. The molecule has 0 radical (unpaired) electrons. The minimum Gasteiger partial charge on any atom is -0.363 e. The van der Waals surface area contributed by atoms with E-state index in [2.05, 4.69) is 25.3 Å². The molecule has 2 aromatic heterocycles. The Kier molecular flexibility index (Phi) is 3.05. The zero-order valence-corrected chi connectivity index (χ0v) is 9.31. The summed E-state index contributed by atoms with van der Waals surface area (Å²) in [7, 11) is 0. The summed E-state index contributed by atoms with van der Waals surface area (Å²) in [6.45, 7) is 4.43. The van der Waals surface area contributed by atoms with Crippen LogP contribution in [0.15, 0.2) is 24.8 Å². The lowest BCUT2D eigenvalue weighted by atomic mass is 10.4. The van der Waals surface area contributed by atoms with Crippen LogP contribution in [-0.2, 0) is 6.54 Å². The third kappa shape index (κ3) is 2.50. The van der Waals surface area contributed by atoms with Crippen LogP contribution in [0.5, 0.6) is 0 Å². The first kappa shape index (κ1) is 10.5. The average molecular weight is 215 g/mol. The number of nitrogens with one attached hydrogen (secondary N) is 1. The fraction of sp³-hybridized carbons (Fsp3) is 0.273. The van der Waals surface area contributed by atoms with E-state index in [9.17, 15) is 0 Å². The van der Waals surface area contributed by atoms with E-state index < -0.39 is 0 Å². The maximum absolute atomic E-state index is 4.25. The summed E-state index contributed by atoms with van der Waals surface area (Å²) < 4.78 is 0. The molecule has 0 spiro atoms. The first-order valence-corrected chi connectivity index (χ1v) is 5.05. The SMILES string of the molecule is Cc1cnc(CNc2nccnc2C)cn1. The Bertz CT molecular complexity index is 466. The van der Waals surface area contributed by atoms with E-state index in [0.717, 1.165) is 22.9 Å². The highest BCUT2D eigenvalue weighted by Gasteiger charge is 2.00. The molecular weight excluding hydrogens is 202 g/mol. The highest BCUT2D eigenvalue weighted by atomic mass is 15.0. The quantitative estimate of drug-likeness (QED) is 0.840. The third-order valence-electron chi connectivity index (χ3n) is 2.15. The van der Waals surface area contributed by atoms with Crippen LogP contribution in [0.4, 0.5) is 5.82 Å². The zero-order chi connectivity index (χ0) is 11.4. The number of nitrogens with zero attached hydrogens (tertiary/aromatic N) is 4. The average Bonchev–Trinajstić information content (AvgIpc) is 2.30. The van der Waals surface area contributed by atoms with Gasteiger partial charge in [0.15, 0.2) is 0 Å². The van der Waals surface area contributed by atoms with Gasteiger partial charge in [-0.15, -0.1) is 0 Å². The molecule has 0 aliphatic heterocycles. The molecule has 0 unspecified atom stereocenters. The molecule has 2 heterocycles. The molecule has 0 saturated heterocycles. The number of aryl methyl sites for hydroxylation is 2. The molecule has 0 aromatic carbocycles. The van der Waals surface area contributed by atoms with Gasteiger partial charge in [-0.25, -0.2) is 4.98 Å². The maximum atomic E-state index is 4.25. The van der Waals surface area contributed by atoms with Crippen LogP contribution in [0.25, 0.3) is 0 Å². The molecule has 0 bridgehead atoms. The molecule has 1 N–H and O–H groups in total. The highest BCUT2D eigenvalue weighted by molar-refractivity contribution is 5.38. The summed E-state index contributed by atoms with van der Waals surface area (Å²) in [4.78, 5) is 16.8. The Labute approximate surface area is 94.0 Å². The number of rotatable bonds is 3. The number of hydrogen-bond acceptors (Lipinski definition) is 5. The molecule has 0 aliphatic rings. The van der Waals surface area contributed by atoms with Crippen LogP contribution in [0.3, 0.4) is 0 Å². The van der Waals surface area contributed by atoms with Gasteiger partial charge in [-0.3, -0.25) is 15.0 Å². The fourth-order valence-electron chi connectivity index (χ4n) is 1.27. The zero-order valence-electron chi connectivity index (χ0n) is 9.31. The number of hydrogen-bond donors (Lipinski definition) is 1. The van der Waals surface area contributed by atoms with Crippen LogP contribution >= 0.6 is 0 Å². The molecule has 0 amide bonds. The Hall–Kier alpha value is -2.04. The van der Waals surface area contributed by atoms with Gasteiger partial charge in [-0.1, -0.05) is 0 Å². The Morgan fingerprint density at radius 3 is 2.50 bits per heavy atom. The molecular formula is C11H13N5.